The Morgan fingerprint density at radius 2 is 2.00 bits per heavy atom. The van der Waals surface area contributed by atoms with E-state index in [4.69, 9.17) is 9.47 Å². The summed E-state index contributed by atoms with van der Waals surface area (Å²) in [5.41, 5.74) is 0. The van der Waals surface area contributed by atoms with Gasteiger partial charge in [-0.1, -0.05) is 6.08 Å². The molecule has 0 atom stereocenters. The van der Waals surface area contributed by atoms with Gasteiger partial charge in [0.2, 0.25) is 0 Å². The minimum atomic E-state index is -0.193. The first kappa shape index (κ1) is 12.2. The molecule has 0 aromatic rings. The molecule has 13 heavy (non-hydrogen) atoms. The maximum atomic E-state index is 10.8. The normalized spacial score (nSPS) is 9.62. The molecular formula is C10H18O3. The fourth-order valence-corrected chi connectivity index (χ4v) is 0.888. The van der Waals surface area contributed by atoms with Crippen molar-refractivity contribution in [3.8, 4) is 0 Å². The van der Waals surface area contributed by atoms with Gasteiger partial charge in [0.25, 0.3) is 0 Å². The van der Waals surface area contributed by atoms with Crippen LogP contribution in [0.25, 0.3) is 0 Å². The van der Waals surface area contributed by atoms with Crippen molar-refractivity contribution in [3.05, 3.63) is 12.7 Å². The van der Waals surface area contributed by atoms with Crippen LogP contribution in [0.15, 0.2) is 12.7 Å². The Labute approximate surface area is 79.7 Å². The molecule has 0 aliphatic heterocycles. The predicted molar refractivity (Wildman–Crippen MR) is 51.5 cm³/mol. The molecule has 3 nitrogen and oxygen atoms in total. The first-order valence-electron chi connectivity index (χ1n) is 4.56. The summed E-state index contributed by atoms with van der Waals surface area (Å²) < 4.78 is 9.80. The molecule has 0 aliphatic carbocycles. The smallest absolute Gasteiger partial charge is 0.309 e. The lowest BCUT2D eigenvalue weighted by molar-refractivity contribution is -0.142. The number of methoxy groups -OCH3 is 1. The van der Waals surface area contributed by atoms with Crippen LogP contribution in [-0.4, -0.2) is 26.3 Å². The minimum absolute atomic E-state index is 0.193. The molecule has 0 aromatic heterocycles. The van der Waals surface area contributed by atoms with Gasteiger partial charge in [-0.05, 0) is 19.3 Å². The summed E-state index contributed by atoms with van der Waals surface area (Å²) in [7, 11) is 1.68. The van der Waals surface area contributed by atoms with Crippen LogP contribution in [0.2, 0.25) is 0 Å². The fraction of sp³-hybridized carbons (Fsp3) is 0.700. The SMILES string of the molecule is C=CCC(=O)OCCCCCOC. The zero-order chi connectivity index (χ0) is 9.94. The minimum Gasteiger partial charge on any atom is -0.465 e. The molecule has 0 amide bonds. The third-order valence-corrected chi connectivity index (χ3v) is 1.57. The van der Waals surface area contributed by atoms with E-state index in [-0.39, 0.29) is 5.97 Å². The second kappa shape index (κ2) is 9.26. The molecule has 0 bridgehead atoms. The lowest BCUT2D eigenvalue weighted by atomic mass is 10.2. The first-order chi connectivity index (χ1) is 6.31. The number of carbonyl (C=O) groups excluding carboxylic acids is 1. The lowest BCUT2D eigenvalue weighted by Crippen LogP contribution is -2.04. The Morgan fingerprint density at radius 3 is 2.62 bits per heavy atom. The van der Waals surface area contributed by atoms with Gasteiger partial charge in [0.05, 0.1) is 13.0 Å². The number of ether oxygens (including phenoxy) is 2. The summed E-state index contributed by atoms with van der Waals surface area (Å²) in [6.07, 6.45) is 4.82. The molecule has 0 aromatic carbocycles. The number of rotatable bonds is 8. The third kappa shape index (κ3) is 9.08. The Bertz CT molecular complexity index is 143. The molecule has 0 saturated carbocycles. The Balaban J connectivity index is 3.06. The standard InChI is InChI=1S/C10H18O3/c1-3-7-10(11)13-9-6-4-5-8-12-2/h3H,1,4-9H2,2H3. The summed E-state index contributed by atoms with van der Waals surface area (Å²) in [5, 5.41) is 0. The number of unbranched alkanes of at least 4 members (excludes halogenated alkanes) is 2. The third-order valence-electron chi connectivity index (χ3n) is 1.57. The summed E-state index contributed by atoms with van der Waals surface area (Å²) in [5.74, 6) is -0.193. The van der Waals surface area contributed by atoms with Gasteiger partial charge in [-0.3, -0.25) is 4.79 Å². The highest BCUT2D eigenvalue weighted by Crippen LogP contribution is 1.97. The highest BCUT2D eigenvalue weighted by atomic mass is 16.5. The maximum absolute atomic E-state index is 10.8. The molecule has 0 aliphatic rings. The summed E-state index contributed by atoms with van der Waals surface area (Å²) in [4.78, 5) is 10.8. The van der Waals surface area contributed by atoms with Crippen molar-refractivity contribution in [1.82, 2.24) is 0 Å². The van der Waals surface area contributed by atoms with Crippen LogP contribution in [0.1, 0.15) is 25.7 Å². The van der Waals surface area contributed by atoms with E-state index >= 15 is 0 Å². The van der Waals surface area contributed by atoms with Gasteiger partial charge < -0.3 is 9.47 Å². The van der Waals surface area contributed by atoms with Crippen molar-refractivity contribution in [2.24, 2.45) is 0 Å². The summed E-state index contributed by atoms with van der Waals surface area (Å²) in [6.45, 7) is 4.74. The van der Waals surface area contributed by atoms with Crippen molar-refractivity contribution in [2.45, 2.75) is 25.7 Å². The van der Waals surface area contributed by atoms with E-state index in [0.717, 1.165) is 25.9 Å². The molecule has 76 valence electrons. The Hall–Kier alpha value is -0.830. The highest BCUT2D eigenvalue weighted by Gasteiger charge is 1.97. The van der Waals surface area contributed by atoms with E-state index in [1.54, 1.807) is 13.2 Å². The van der Waals surface area contributed by atoms with Gasteiger partial charge in [-0.25, -0.2) is 0 Å². The number of esters is 1. The zero-order valence-corrected chi connectivity index (χ0v) is 8.25. The number of hydrogen-bond donors (Lipinski definition) is 0. The maximum Gasteiger partial charge on any atom is 0.309 e. The van der Waals surface area contributed by atoms with Crippen molar-refractivity contribution in [1.29, 1.82) is 0 Å². The zero-order valence-electron chi connectivity index (χ0n) is 8.25. The summed E-state index contributed by atoms with van der Waals surface area (Å²) >= 11 is 0. The van der Waals surface area contributed by atoms with Gasteiger partial charge >= 0.3 is 5.97 Å². The number of carbonyl (C=O) groups is 1. The molecule has 0 rings (SSSR count). The van der Waals surface area contributed by atoms with Gasteiger partial charge in [0.1, 0.15) is 0 Å². The molecule has 0 unspecified atom stereocenters. The molecule has 0 N–H and O–H groups in total. The largest absolute Gasteiger partial charge is 0.465 e. The Kier molecular flexibility index (Phi) is 8.67. The van der Waals surface area contributed by atoms with Crippen LogP contribution < -0.4 is 0 Å². The fourth-order valence-electron chi connectivity index (χ4n) is 0.888. The first-order valence-corrected chi connectivity index (χ1v) is 4.56. The van der Waals surface area contributed by atoms with Crippen LogP contribution in [0, 0.1) is 0 Å². The predicted octanol–water partition coefficient (Wildman–Crippen LogP) is 1.92. The van der Waals surface area contributed by atoms with Gasteiger partial charge in [-0.2, -0.15) is 0 Å². The monoisotopic (exact) mass is 186 g/mol. The van der Waals surface area contributed by atoms with Crippen molar-refractivity contribution < 1.29 is 14.3 Å². The van der Waals surface area contributed by atoms with E-state index in [9.17, 15) is 4.79 Å². The van der Waals surface area contributed by atoms with Crippen molar-refractivity contribution >= 4 is 5.97 Å². The molecule has 0 fully saturated rings. The summed E-state index contributed by atoms with van der Waals surface area (Å²) in [6, 6.07) is 0. The number of hydrogen-bond acceptors (Lipinski definition) is 3. The van der Waals surface area contributed by atoms with Crippen LogP contribution in [0.5, 0.6) is 0 Å². The van der Waals surface area contributed by atoms with E-state index < -0.39 is 0 Å². The van der Waals surface area contributed by atoms with Crippen LogP contribution in [0.3, 0.4) is 0 Å². The van der Waals surface area contributed by atoms with Crippen molar-refractivity contribution in [3.63, 3.8) is 0 Å². The van der Waals surface area contributed by atoms with Crippen molar-refractivity contribution in [2.75, 3.05) is 20.3 Å². The molecule has 3 heteroatoms. The molecular weight excluding hydrogens is 168 g/mol. The second-order valence-electron chi connectivity index (χ2n) is 2.77. The van der Waals surface area contributed by atoms with Gasteiger partial charge in [-0.15, -0.1) is 6.58 Å². The van der Waals surface area contributed by atoms with Gasteiger partial charge in [0, 0.05) is 13.7 Å². The Morgan fingerprint density at radius 1 is 1.31 bits per heavy atom. The van der Waals surface area contributed by atoms with E-state index in [1.165, 1.54) is 0 Å². The van der Waals surface area contributed by atoms with E-state index in [1.807, 2.05) is 0 Å². The van der Waals surface area contributed by atoms with E-state index in [0.29, 0.717) is 13.0 Å². The molecule has 0 radical (unpaired) electrons. The van der Waals surface area contributed by atoms with Crippen LogP contribution in [-0.2, 0) is 14.3 Å². The van der Waals surface area contributed by atoms with Crippen LogP contribution in [0.4, 0.5) is 0 Å². The average molecular weight is 186 g/mol. The molecule has 0 spiro atoms. The molecule has 0 heterocycles. The quantitative estimate of drug-likeness (QED) is 0.330. The molecule has 0 saturated heterocycles. The van der Waals surface area contributed by atoms with Crippen LogP contribution >= 0.6 is 0 Å². The highest BCUT2D eigenvalue weighted by molar-refractivity contribution is 5.70. The lowest BCUT2D eigenvalue weighted by Gasteiger charge is -2.02. The van der Waals surface area contributed by atoms with Gasteiger partial charge in [0.15, 0.2) is 0 Å². The van der Waals surface area contributed by atoms with E-state index in [2.05, 4.69) is 6.58 Å². The average Bonchev–Trinajstić information content (AvgIpc) is 2.11. The topological polar surface area (TPSA) is 35.5 Å². The second-order valence-corrected chi connectivity index (χ2v) is 2.77.